The molecule has 3 nitrogen and oxygen atoms in total. The minimum Gasteiger partial charge on any atom is -0.396 e. The van der Waals surface area contributed by atoms with Crippen LogP contribution in [-0.2, 0) is 0 Å². The molecule has 0 aromatic carbocycles. The predicted octanol–water partition coefficient (Wildman–Crippen LogP) is 0.696. The highest BCUT2D eigenvalue weighted by atomic mass is 16.3. The molecule has 1 aliphatic carbocycles. The zero-order valence-electron chi connectivity index (χ0n) is 8.02. The van der Waals surface area contributed by atoms with Crippen LogP contribution in [0.15, 0.2) is 12.2 Å². The molecule has 3 heteroatoms. The fourth-order valence-electron chi connectivity index (χ4n) is 1.01. The Labute approximate surface area is 79.7 Å². The summed E-state index contributed by atoms with van der Waals surface area (Å²) < 4.78 is 0. The van der Waals surface area contributed by atoms with Gasteiger partial charge in [0.05, 0.1) is 0 Å². The molecule has 0 fully saturated rings. The lowest BCUT2D eigenvalue weighted by atomic mass is 10.1. The van der Waals surface area contributed by atoms with Crippen LogP contribution in [0.25, 0.3) is 0 Å². The molecule has 3 N–H and O–H groups in total. The van der Waals surface area contributed by atoms with Gasteiger partial charge in [0.2, 0.25) is 0 Å². The van der Waals surface area contributed by atoms with Gasteiger partial charge in [0.1, 0.15) is 0 Å². The zero-order valence-corrected chi connectivity index (χ0v) is 8.02. The van der Waals surface area contributed by atoms with Crippen LogP contribution < -0.4 is 0 Å². The topological polar surface area (TPSA) is 60.7 Å². The summed E-state index contributed by atoms with van der Waals surface area (Å²) in [6, 6.07) is 0. The van der Waals surface area contributed by atoms with Gasteiger partial charge in [-0.2, -0.15) is 0 Å². The van der Waals surface area contributed by atoms with E-state index in [9.17, 15) is 0 Å². The quantitative estimate of drug-likeness (QED) is 0.569. The number of hydrogen-bond donors (Lipinski definition) is 3. The van der Waals surface area contributed by atoms with Crippen LogP contribution in [0.1, 0.15) is 25.7 Å². The summed E-state index contributed by atoms with van der Waals surface area (Å²) in [5.74, 6) is -0.139. The molecule has 0 aromatic heterocycles. The summed E-state index contributed by atoms with van der Waals surface area (Å²) in [6.07, 6.45) is 8.98. The monoisotopic (exact) mass is 188 g/mol. The van der Waals surface area contributed by atoms with Gasteiger partial charge in [0, 0.05) is 25.7 Å². The van der Waals surface area contributed by atoms with Crippen LogP contribution in [0.3, 0.4) is 0 Å². The van der Waals surface area contributed by atoms with Crippen molar-refractivity contribution in [3.63, 3.8) is 0 Å². The Morgan fingerprint density at radius 2 is 1.54 bits per heavy atom. The van der Waals surface area contributed by atoms with Crippen LogP contribution in [0.2, 0.25) is 0 Å². The van der Waals surface area contributed by atoms with Crippen molar-refractivity contribution < 1.29 is 15.3 Å². The molecule has 0 aliphatic heterocycles. The molecule has 0 aromatic rings. The minimum atomic E-state index is -0.139. The van der Waals surface area contributed by atoms with Crippen molar-refractivity contribution >= 4 is 0 Å². The minimum absolute atomic E-state index is 0.0335. The second-order valence-corrected chi connectivity index (χ2v) is 3.15. The fraction of sp³-hybridized carbons (Fsp3) is 0.800. The Morgan fingerprint density at radius 1 is 1.00 bits per heavy atom. The molecule has 0 saturated carbocycles. The standard InChI is InChI=1S/C5H12O3.C5H8/c6-2-1-5(3-7)4-8;1-2-4-5-3-1/h5-8H,1-4H2;1-2H,3-5H2. The number of allylic oxidation sites excluding steroid dienone is 2. The normalized spacial score (nSPS) is 14.5. The van der Waals surface area contributed by atoms with E-state index >= 15 is 0 Å². The van der Waals surface area contributed by atoms with Crippen LogP contribution >= 0.6 is 0 Å². The van der Waals surface area contributed by atoms with Gasteiger partial charge in [-0.25, -0.2) is 0 Å². The summed E-state index contributed by atoms with van der Waals surface area (Å²) in [6.45, 7) is -0.0556. The highest BCUT2D eigenvalue weighted by molar-refractivity contribution is 4.88. The maximum atomic E-state index is 8.39. The van der Waals surface area contributed by atoms with E-state index in [1.165, 1.54) is 19.3 Å². The van der Waals surface area contributed by atoms with E-state index in [1.54, 1.807) is 0 Å². The molecular weight excluding hydrogens is 168 g/mol. The van der Waals surface area contributed by atoms with Crippen LogP contribution in [-0.4, -0.2) is 35.1 Å². The molecule has 0 unspecified atom stereocenters. The van der Waals surface area contributed by atoms with E-state index in [4.69, 9.17) is 15.3 Å². The van der Waals surface area contributed by atoms with Crippen molar-refractivity contribution in [1.29, 1.82) is 0 Å². The van der Waals surface area contributed by atoms with Crippen LogP contribution in [0.4, 0.5) is 0 Å². The molecule has 0 spiro atoms. The molecule has 78 valence electrons. The number of aliphatic hydroxyl groups excluding tert-OH is 3. The van der Waals surface area contributed by atoms with E-state index in [1.807, 2.05) is 0 Å². The summed E-state index contributed by atoms with van der Waals surface area (Å²) in [7, 11) is 0. The molecule has 0 heterocycles. The number of rotatable bonds is 4. The first-order chi connectivity index (χ1) is 6.35. The molecule has 1 aliphatic rings. The first kappa shape index (κ1) is 12.6. The lowest BCUT2D eigenvalue weighted by molar-refractivity contribution is 0.124. The Balaban J connectivity index is 0.000000243. The second kappa shape index (κ2) is 9.71. The maximum Gasteiger partial charge on any atom is 0.0482 e. The molecule has 13 heavy (non-hydrogen) atoms. The van der Waals surface area contributed by atoms with E-state index in [0.717, 1.165) is 0 Å². The number of aliphatic hydroxyl groups is 3. The summed E-state index contributed by atoms with van der Waals surface area (Å²) in [5.41, 5.74) is 0. The molecule has 0 bridgehead atoms. The molecule has 0 radical (unpaired) electrons. The average Bonchev–Trinajstić information content (AvgIpc) is 2.72. The first-order valence-electron chi connectivity index (χ1n) is 4.82. The van der Waals surface area contributed by atoms with Gasteiger partial charge in [-0.15, -0.1) is 0 Å². The van der Waals surface area contributed by atoms with E-state index < -0.39 is 0 Å². The van der Waals surface area contributed by atoms with Crippen molar-refractivity contribution in [1.82, 2.24) is 0 Å². The zero-order chi connectivity index (χ0) is 9.94. The van der Waals surface area contributed by atoms with Crippen molar-refractivity contribution in [2.24, 2.45) is 5.92 Å². The Bertz CT molecular complexity index is 113. The van der Waals surface area contributed by atoms with E-state index in [2.05, 4.69) is 12.2 Å². The second-order valence-electron chi connectivity index (χ2n) is 3.15. The summed E-state index contributed by atoms with van der Waals surface area (Å²) in [4.78, 5) is 0. The third-order valence-electron chi connectivity index (χ3n) is 1.96. The lowest BCUT2D eigenvalue weighted by Gasteiger charge is -2.06. The highest BCUT2D eigenvalue weighted by Crippen LogP contribution is 2.05. The third kappa shape index (κ3) is 7.96. The van der Waals surface area contributed by atoms with Gasteiger partial charge in [-0.05, 0) is 25.7 Å². The van der Waals surface area contributed by atoms with Crippen LogP contribution in [0.5, 0.6) is 0 Å². The van der Waals surface area contributed by atoms with Gasteiger partial charge in [-0.3, -0.25) is 0 Å². The lowest BCUT2D eigenvalue weighted by Crippen LogP contribution is -2.12. The van der Waals surface area contributed by atoms with Crippen molar-refractivity contribution in [2.75, 3.05) is 19.8 Å². The Hall–Kier alpha value is -0.380. The smallest absolute Gasteiger partial charge is 0.0482 e. The van der Waals surface area contributed by atoms with Gasteiger partial charge < -0.3 is 15.3 Å². The molecule has 0 saturated heterocycles. The van der Waals surface area contributed by atoms with Crippen molar-refractivity contribution in [3.05, 3.63) is 12.2 Å². The van der Waals surface area contributed by atoms with Crippen LogP contribution in [0, 0.1) is 5.92 Å². The summed E-state index contributed by atoms with van der Waals surface area (Å²) in [5, 5.41) is 25.0. The first-order valence-corrected chi connectivity index (χ1v) is 4.82. The van der Waals surface area contributed by atoms with Gasteiger partial charge in [0.15, 0.2) is 0 Å². The average molecular weight is 188 g/mol. The third-order valence-corrected chi connectivity index (χ3v) is 1.96. The molecule has 0 amide bonds. The van der Waals surface area contributed by atoms with E-state index in [-0.39, 0.29) is 25.7 Å². The largest absolute Gasteiger partial charge is 0.396 e. The van der Waals surface area contributed by atoms with E-state index in [0.29, 0.717) is 6.42 Å². The highest BCUT2D eigenvalue weighted by Gasteiger charge is 2.02. The summed E-state index contributed by atoms with van der Waals surface area (Å²) >= 11 is 0. The predicted molar refractivity (Wildman–Crippen MR) is 52.4 cm³/mol. The van der Waals surface area contributed by atoms with Crippen molar-refractivity contribution in [3.8, 4) is 0 Å². The number of hydrogen-bond acceptors (Lipinski definition) is 3. The van der Waals surface area contributed by atoms with Crippen molar-refractivity contribution in [2.45, 2.75) is 25.7 Å². The Kier molecular flexibility index (Phi) is 9.42. The molecular formula is C10H20O3. The van der Waals surface area contributed by atoms with Gasteiger partial charge in [-0.1, -0.05) is 12.2 Å². The van der Waals surface area contributed by atoms with Gasteiger partial charge in [0.25, 0.3) is 0 Å². The maximum absolute atomic E-state index is 8.39. The molecule has 0 atom stereocenters. The molecule has 1 rings (SSSR count). The Morgan fingerprint density at radius 3 is 1.69 bits per heavy atom. The SMILES string of the molecule is C1=CCCC1.OCCC(CO)CO. The van der Waals surface area contributed by atoms with Gasteiger partial charge >= 0.3 is 0 Å². The fourth-order valence-corrected chi connectivity index (χ4v) is 1.01.